The molecule has 1 aromatic heterocycles. The summed E-state index contributed by atoms with van der Waals surface area (Å²) in [6.45, 7) is 10.9. The molecule has 0 radical (unpaired) electrons. The number of ether oxygens (including phenoxy) is 1. The first-order chi connectivity index (χ1) is 16.0. The second-order valence-electron chi connectivity index (χ2n) is 8.72. The van der Waals surface area contributed by atoms with Crippen LogP contribution in [0.3, 0.4) is 0 Å². The topological polar surface area (TPSA) is 50.5 Å². The molecule has 5 heteroatoms. The van der Waals surface area contributed by atoms with Crippen LogP contribution < -0.4 is 14.2 Å². The highest BCUT2D eigenvalue weighted by molar-refractivity contribution is 6.29. The number of rotatable bonds is 12. The summed E-state index contributed by atoms with van der Waals surface area (Å²) in [6.07, 6.45) is 10.7. The zero-order valence-electron chi connectivity index (χ0n) is 20.5. The van der Waals surface area contributed by atoms with E-state index < -0.39 is 0 Å². The molecule has 33 heavy (non-hydrogen) atoms. The molecule has 1 aliphatic rings. The standard InChI is InChI=1S/C28H37N2O3/c1-5-8-9-10-15-33-28-18-24(30(6-2)7-3)12-11-22(28)16-26-25-13-14-29(19-21(4)31)20-23(25)17-27(26)32/h11-14,16,18,20H,5-10,15,17,19H2,1-4H3/q+1. The first-order valence-electron chi connectivity index (χ1n) is 12.2. The number of hydrogen-bond acceptors (Lipinski definition) is 4. The molecule has 3 rings (SSSR count). The van der Waals surface area contributed by atoms with E-state index in [9.17, 15) is 9.59 Å². The van der Waals surface area contributed by atoms with Crippen LogP contribution in [0.25, 0.3) is 11.6 Å². The van der Waals surface area contributed by atoms with Gasteiger partial charge in [-0.1, -0.05) is 26.2 Å². The molecule has 176 valence electrons. The van der Waals surface area contributed by atoms with Crippen LogP contribution in [0.2, 0.25) is 0 Å². The van der Waals surface area contributed by atoms with Gasteiger partial charge in [-0.3, -0.25) is 9.59 Å². The predicted molar refractivity (Wildman–Crippen MR) is 134 cm³/mol. The Balaban J connectivity index is 1.92. The number of aromatic nitrogens is 1. The number of hydrogen-bond donors (Lipinski definition) is 0. The molecule has 1 aromatic carbocycles. The van der Waals surface area contributed by atoms with Gasteiger partial charge in [-0.25, -0.2) is 0 Å². The van der Waals surface area contributed by atoms with E-state index in [1.807, 2.05) is 29.1 Å². The lowest BCUT2D eigenvalue weighted by atomic mass is 10.0. The summed E-state index contributed by atoms with van der Waals surface area (Å²) < 4.78 is 8.08. The van der Waals surface area contributed by atoms with Gasteiger partial charge in [0.05, 0.1) is 6.61 Å². The Labute approximate surface area is 198 Å². The summed E-state index contributed by atoms with van der Waals surface area (Å²) in [5.41, 5.74) is 4.69. The number of carbonyl (C=O) groups excluding carboxylic acids is 2. The SMILES string of the molecule is CCCCCCOc1cc(N(CC)CC)ccc1/C=C1\C(=O)Cc2c[n+](CC(C)=O)ccc21. The van der Waals surface area contributed by atoms with Crippen molar-refractivity contribution in [3.8, 4) is 5.75 Å². The van der Waals surface area contributed by atoms with Gasteiger partial charge in [-0.2, -0.15) is 4.57 Å². The van der Waals surface area contributed by atoms with Crippen molar-refractivity contribution >= 4 is 28.9 Å². The van der Waals surface area contributed by atoms with E-state index in [0.717, 1.165) is 54.1 Å². The van der Waals surface area contributed by atoms with E-state index in [-0.39, 0.29) is 11.6 Å². The molecule has 0 spiro atoms. The summed E-state index contributed by atoms with van der Waals surface area (Å²) >= 11 is 0. The average Bonchev–Trinajstić information content (AvgIpc) is 3.09. The van der Waals surface area contributed by atoms with Crippen molar-refractivity contribution in [1.82, 2.24) is 0 Å². The molecule has 0 aliphatic heterocycles. The molecular weight excluding hydrogens is 412 g/mol. The summed E-state index contributed by atoms with van der Waals surface area (Å²) in [5.74, 6) is 1.02. The average molecular weight is 450 g/mol. The molecule has 0 saturated heterocycles. The van der Waals surface area contributed by atoms with Crippen molar-refractivity contribution in [2.45, 2.75) is 66.3 Å². The van der Waals surface area contributed by atoms with E-state index in [1.165, 1.54) is 12.8 Å². The number of fused-ring (bicyclic) bond motifs is 1. The Hall–Kier alpha value is -2.95. The molecule has 0 atom stereocenters. The zero-order valence-corrected chi connectivity index (χ0v) is 20.5. The lowest BCUT2D eigenvalue weighted by molar-refractivity contribution is -0.684. The quantitative estimate of drug-likeness (QED) is 0.259. The third-order valence-electron chi connectivity index (χ3n) is 6.13. The maximum absolute atomic E-state index is 12.9. The molecule has 0 bridgehead atoms. The van der Waals surface area contributed by atoms with Gasteiger partial charge < -0.3 is 9.64 Å². The molecule has 2 aromatic rings. The van der Waals surface area contributed by atoms with Crippen molar-refractivity contribution < 1.29 is 18.9 Å². The number of ketones is 2. The van der Waals surface area contributed by atoms with Crippen molar-refractivity contribution in [1.29, 1.82) is 0 Å². The molecule has 0 N–H and O–H groups in total. The van der Waals surface area contributed by atoms with Crippen LogP contribution in [0.1, 0.15) is 70.1 Å². The van der Waals surface area contributed by atoms with E-state index in [2.05, 4.69) is 43.9 Å². The minimum absolute atomic E-state index is 0.0917. The Morgan fingerprint density at radius 2 is 1.91 bits per heavy atom. The van der Waals surface area contributed by atoms with Crippen molar-refractivity contribution in [3.63, 3.8) is 0 Å². The van der Waals surface area contributed by atoms with Crippen LogP contribution in [0.15, 0.2) is 36.7 Å². The third kappa shape index (κ3) is 6.31. The largest absolute Gasteiger partial charge is 0.493 e. The summed E-state index contributed by atoms with van der Waals surface area (Å²) in [4.78, 5) is 26.7. The van der Waals surface area contributed by atoms with E-state index in [4.69, 9.17) is 4.74 Å². The maximum Gasteiger partial charge on any atom is 0.206 e. The second-order valence-corrected chi connectivity index (χ2v) is 8.72. The lowest BCUT2D eigenvalue weighted by Crippen LogP contribution is -2.36. The summed E-state index contributed by atoms with van der Waals surface area (Å²) in [7, 11) is 0. The van der Waals surface area contributed by atoms with Crippen LogP contribution in [-0.4, -0.2) is 31.3 Å². The Morgan fingerprint density at radius 3 is 2.61 bits per heavy atom. The van der Waals surface area contributed by atoms with Gasteiger partial charge in [-0.15, -0.1) is 0 Å². The van der Waals surface area contributed by atoms with Crippen LogP contribution in [0.4, 0.5) is 5.69 Å². The molecule has 5 nitrogen and oxygen atoms in total. The number of carbonyl (C=O) groups is 2. The van der Waals surface area contributed by atoms with Crippen molar-refractivity contribution in [3.05, 3.63) is 53.3 Å². The van der Waals surface area contributed by atoms with Gasteiger partial charge >= 0.3 is 0 Å². The number of benzene rings is 1. The molecule has 0 fully saturated rings. The van der Waals surface area contributed by atoms with Gasteiger partial charge in [0.2, 0.25) is 6.54 Å². The van der Waals surface area contributed by atoms with Crippen molar-refractivity contribution in [2.24, 2.45) is 0 Å². The van der Waals surface area contributed by atoms with Gasteiger partial charge in [-0.05, 0) is 38.5 Å². The van der Waals surface area contributed by atoms with Crippen LogP contribution >= 0.6 is 0 Å². The summed E-state index contributed by atoms with van der Waals surface area (Å²) in [5, 5.41) is 0. The Kier molecular flexibility index (Phi) is 8.81. The number of Topliss-reactive ketones (excluding diaryl/α,β-unsaturated/α-hetero) is 2. The fourth-order valence-electron chi connectivity index (χ4n) is 4.34. The number of pyridine rings is 1. The normalized spacial score (nSPS) is 13.9. The fraction of sp³-hybridized carbons (Fsp3) is 0.464. The van der Waals surface area contributed by atoms with Gasteiger partial charge in [0, 0.05) is 66.5 Å². The second kappa shape index (κ2) is 11.8. The minimum Gasteiger partial charge on any atom is -0.493 e. The maximum atomic E-state index is 12.9. The fourth-order valence-corrected chi connectivity index (χ4v) is 4.34. The van der Waals surface area contributed by atoms with E-state index in [1.54, 1.807) is 6.92 Å². The van der Waals surface area contributed by atoms with Crippen LogP contribution in [0, 0.1) is 0 Å². The number of anilines is 1. The lowest BCUT2D eigenvalue weighted by Gasteiger charge is -2.22. The van der Waals surface area contributed by atoms with Gasteiger partial charge in [0.15, 0.2) is 24.0 Å². The highest BCUT2D eigenvalue weighted by atomic mass is 16.5. The van der Waals surface area contributed by atoms with E-state index >= 15 is 0 Å². The number of nitrogens with zero attached hydrogens (tertiary/aromatic N) is 2. The van der Waals surface area contributed by atoms with Crippen LogP contribution in [0.5, 0.6) is 5.75 Å². The highest BCUT2D eigenvalue weighted by Crippen LogP contribution is 2.34. The van der Waals surface area contributed by atoms with E-state index in [0.29, 0.717) is 25.1 Å². The zero-order chi connectivity index (χ0) is 23.8. The Bertz CT molecular complexity index is 1020. The third-order valence-corrected chi connectivity index (χ3v) is 6.13. The number of allylic oxidation sites excluding steroid dienone is 1. The first kappa shape index (κ1) is 24.7. The van der Waals surface area contributed by atoms with Gasteiger partial charge in [0.1, 0.15) is 5.75 Å². The highest BCUT2D eigenvalue weighted by Gasteiger charge is 2.27. The predicted octanol–water partition coefficient (Wildman–Crippen LogP) is 5.03. The molecule has 1 heterocycles. The minimum atomic E-state index is 0.0917. The molecule has 0 saturated carbocycles. The van der Waals surface area contributed by atoms with Gasteiger partial charge in [0.25, 0.3) is 0 Å². The monoisotopic (exact) mass is 449 g/mol. The van der Waals surface area contributed by atoms with Crippen molar-refractivity contribution in [2.75, 3.05) is 24.6 Å². The Morgan fingerprint density at radius 1 is 1.12 bits per heavy atom. The molecule has 0 amide bonds. The molecular formula is C28H37N2O3+. The smallest absolute Gasteiger partial charge is 0.206 e. The number of unbranched alkanes of at least 4 members (excludes halogenated alkanes) is 3. The van der Waals surface area contributed by atoms with Crippen LogP contribution in [-0.2, 0) is 22.6 Å². The summed E-state index contributed by atoms with van der Waals surface area (Å²) in [6, 6.07) is 8.22. The molecule has 0 unspecified atom stereocenters. The first-order valence-corrected chi connectivity index (χ1v) is 12.2. The molecule has 1 aliphatic carbocycles.